The third-order valence-electron chi connectivity index (χ3n) is 4.91. The van der Waals surface area contributed by atoms with E-state index in [1.807, 2.05) is 18.2 Å². The van der Waals surface area contributed by atoms with E-state index in [0.29, 0.717) is 11.7 Å². The quantitative estimate of drug-likeness (QED) is 0.901. The van der Waals surface area contributed by atoms with E-state index in [-0.39, 0.29) is 11.5 Å². The summed E-state index contributed by atoms with van der Waals surface area (Å²) in [5.41, 5.74) is 1.48. The van der Waals surface area contributed by atoms with E-state index in [9.17, 15) is 9.90 Å². The van der Waals surface area contributed by atoms with Crippen LogP contribution in [0.4, 0.5) is 0 Å². The van der Waals surface area contributed by atoms with Crippen molar-refractivity contribution in [3.8, 4) is 0 Å². The molecule has 3 rings (SSSR count). The van der Waals surface area contributed by atoms with Crippen LogP contribution >= 0.6 is 0 Å². The van der Waals surface area contributed by atoms with E-state index in [4.69, 9.17) is 0 Å². The summed E-state index contributed by atoms with van der Waals surface area (Å²) in [6.07, 6.45) is 6.31. The molecule has 1 aromatic carbocycles. The number of carbonyl (C=O) groups is 1. The number of carbonyl (C=O) groups excluding carboxylic acids is 1. The van der Waals surface area contributed by atoms with Crippen molar-refractivity contribution < 1.29 is 9.90 Å². The number of aliphatic hydroxyl groups excluding tert-OH is 1. The van der Waals surface area contributed by atoms with Gasteiger partial charge in [-0.3, -0.25) is 4.79 Å². The Bertz CT molecular complexity index is 454. The molecule has 1 spiro atoms. The Kier molecular flexibility index (Phi) is 3.44. The van der Waals surface area contributed by atoms with Gasteiger partial charge in [0, 0.05) is 12.8 Å². The smallest absolute Gasteiger partial charge is 0.133 e. The molecule has 2 aliphatic rings. The highest BCUT2D eigenvalue weighted by atomic mass is 16.3. The lowest BCUT2D eigenvalue weighted by atomic mass is 9.82. The van der Waals surface area contributed by atoms with Gasteiger partial charge >= 0.3 is 0 Å². The van der Waals surface area contributed by atoms with E-state index in [1.165, 1.54) is 12.0 Å². The fourth-order valence-corrected chi connectivity index (χ4v) is 3.79. The average Bonchev–Trinajstić information content (AvgIpc) is 3.01. The molecule has 0 bridgehead atoms. The van der Waals surface area contributed by atoms with Gasteiger partial charge in [0.15, 0.2) is 0 Å². The van der Waals surface area contributed by atoms with Crippen molar-refractivity contribution in [3.05, 3.63) is 35.9 Å². The van der Waals surface area contributed by atoms with Crippen LogP contribution in [0.3, 0.4) is 0 Å². The fourth-order valence-electron chi connectivity index (χ4n) is 3.79. The van der Waals surface area contributed by atoms with Crippen molar-refractivity contribution >= 4 is 5.78 Å². The zero-order valence-corrected chi connectivity index (χ0v) is 11.3. The van der Waals surface area contributed by atoms with Gasteiger partial charge in [0.2, 0.25) is 0 Å². The molecule has 3 atom stereocenters. The first-order valence-corrected chi connectivity index (χ1v) is 7.42. The molecule has 0 heterocycles. The van der Waals surface area contributed by atoms with Crippen molar-refractivity contribution in [3.63, 3.8) is 0 Å². The largest absolute Gasteiger partial charge is 0.393 e. The zero-order chi connectivity index (χ0) is 13.3. The maximum absolute atomic E-state index is 11.6. The predicted octanol–water partition coefficient (Wildman–Crippen LogP) is 3.13. The SMILES string of the molecule is O=C1CCCC2(C1)CC2CC(O)Cc1ccccc1. The molecule has 1 N–H and O–H groups in total. The second kappa shape index (κ2) is 5.09. The minimum atomic E-state index is -0.260. The minimum Gasteiger partial charge on any atom is -0.393 e. The Balaban J connectivity index is 1.51. The molecule has 1 aromatic rings. The van der Waals surface area contributed by atoms with Crippen LogP contribution in [0.15, 0.2) is 30.3 Å². The van der Waals surface area contributed by atoms with Gasteiger partial charge in [-0.25, -0.2) is 0 Å². The Hall–Kier alpha value is -1.15. The lowest BCUT2D eigenvalue weighted by molar-refractivity contribution is -0.122. The van der Waals surface area contributed by atoms with Gasteiger partial charge in [0.05, 0.1) is 6.10 Å². The second-order valence-electron chi connectivity index (χ2n) is 6.41. The molecule has 2 fully saturated rings. The topological polar surface area (TPSA) is 37.3 Å². The third kappa shape index (κ3) is 2.89. The Morgan fingerprint density at radius 2 is 2.11 bits per heavy atom. The van der Waals surface area contributed by atoms with Gasteiger partial charge < -0.3 is 5.11 Å². The highest BCUT2D eigenvalue weighted by molar-refractivity contribution is 5.80. The summed E-state index contributed by atoms with van der Waals surface area (Å²) in [6, 6.07) is 10.2. The van der Waals surface area contributed by atoms with Crippen LogP contribution in [0, 0.1) is 11.3 Å². The Labute approximate surface area is 114 Å². The summed E-state index contributed by atoms with van der Waals surface area (Å²) in [7, 11) is 0. The highest BCUT2D eigenvalue weighted by Gasteiger charge is 2.55. The molecule has 0 amide bonds. The second-order valence-corrected chi connectivity index (χ2v) is 6.41. The van der Waals surface area contributed by atoms with Crippen molar-refractivity contribution in [2.24, 2.45) is 11.3 Å². The molecule has 2 heteroatoms. The first-order valence-electron chi connectivity index (χ1n) is 7.42. The maximum atomic E-state index is 11.6. The number of hydrogen-bond donors (Lipinski definition) is 1. The zero-order valence-electron chi connectivity index (χ0n) is 11.3. The normalized spacial score (nSPS) is 31.4. The fraction of sp³-hybridized carbons (Fsp3) is 0.588. The van der Waals surface area contributed by atoms with E-state index in [1.54, 1.807) is 0 Å². The van der Waals surface area contributed by atoms with Crippen LogP contribution in [0.25, 0.3) is 0 Å². The van der Waals surface area contributed by atoms with Gasteiger partial charge in [-0.15, -0.1) is 0 Å². The molecular weight excluding hydrogens is 236 g/mol. The molecule has 2 aliphatic carbocycles. The molecular formula is C17H22O2. The monoisotopic (exact) mass is 258 g/mol. The molecule has 19 heavy (non-hydrogen) atoms. The van der Waals surface area contributed by atoms with Gasteiger partial charge in [-0.2, -0.15) is 0 Å². The van der Waals surface area contributed by atoms with Crippen LogP contribution in [0.5, 0.6) is 0 Å². The highest BCUT2D eigenvalue weighted by Crippen LogP contribution is 2.62. The molecule has 0 saturated heterocycles. The lowest BCUT2D eigenvalue weighted by Gasteiger charge is -2.22. The number of ketones is 1. The van der Waals surface area contributed by atoms with Crippen LogP contribution in [0.1, 0.15) is 44.1 Å². The van der Waals surface area contributed by atoms with E-state index in [2.05, 4.69) is 12.1 Å². The first-order chi connectivity index (χ1) is 9.18. The molecule has 0 aromatic heterocycles. The molecule has 0 radical (unpaired) electrons. The van der Waals surface area contributed by atoms with E-state index >= 15 is 0 Å². The summed E-state index contributed by atoms with van der Waals surface area (Å²) in [5, 5.41) is 10.2. The van der Waals surface area contributed by atoms with E-state index < -0.39 is 0 Å². The summed E-state index contributed by atoms with van der Waals surface area (Å²) < 4.78 is 0. The first kappa shape index (κ1) is 12.9. The summed E-state index contributed by atoms with van der Waals surface area (Å²) >= 11 is 0. The van der Waals surface area contributed by atoms with Gasteiger partial charge in [-0.1, -0.05) is 30.3 Å². The van der Waals surface area contributed by atoms with Crippen molar-refractivity contribution in [2.45, 2.75) is 51.0 Å². The van der Waals surface area contributed by atoms with Gasteiger partial charge in [0.1, 0.15) is 5.78 Å². The molecule has 2 saturated carbocycles. The predicted molar refractivity (Wildman–Crippen MR) is 74.8 cm³/mol. The van der Waals surface area contributed by atoms with E-state index in [0.717, 1.165) is 38.5 Å². The molecule has 3 unspecified atom stereocenters. The summed E-state index contributed by atoms with van der Waals surface area (Å²) in [5.74, 6) is 1.02. The average molecular weight is 258 g/mol. The van der Waals surface area contributed by atoms with Crippen LogP contribution in [0.2, 0.25) is 0 Å². The summed E-state index contributed by atoms with van der Waals surface area (Å²) in [6.45, 7) is 0. The maximum Gasteiger partial charge on any atom is 0.133 e. The number of aliphatic hydroxyl groups is 1. The lowest BCUT2D eigenvalue weighted by Crippen LogP contribution is -2.20. The number of benzene rings is 1. The number of rotatable bonds is 4. The molecule has 0 aliphatic heterocycles. The molecule has 102 valence electrons. The standard InChI is InChI=1S/C17H22O2/c18-15-7-4-8-17(12-15)11-14(17)10-16(19)9-13-5-2-1-3-6-13/h1-3,5-6,14,16,19H,4,7-12H2. The van der Waals surface area contributed by atoms with Gasteiger partial charge in [0.25, 0.3) is 0 Å². The summed E-state index contributed by atoms with van der Waals surface area (Å²) in [4.78, 5) is 11.6. The van der Waals surface area contributed by atoms with Crippen LogP contribution < -0.4 is 0 Å². The molecule has 2 nitrogen and oxygen atoms in total. The minimum absolute atomic E-state index is 0.260. The Morgan fingerprint density at radius 3 is 2.84 bits per heavy atom. The third-order valence-corrected chi connectivity index (χ3v) is 4.91. The van der Waals surface area contributed by atoms with Gasteiger partial charge in [-0.05, 0) is 49.0 Å². The number of hydrogen-bond acceptors (Lipinski definition) is 2. The number of Topliss-reactive ketones (excluding diaryl/α,β-unsaturated/α-hetero) is 1. The van der Waals surface area contributed by atoms with Crippen LogP contribution in [-0.4, -0.2) is 17.0 Å². The van der Waals surface area contributed by atoms with Crippen molar-refractivity contribution in [2.75, 3.05) is 0 Å². The van der Waals surface area contributed by atoms with Crippen LogP contribution in [-0.2, 0) is 11.2 Å². The van der Waals surface area contributed by atoms with Crippen molar-refractivity contribution in [1.29, 1.82) is 0 Å². The Morgan fingerprint density at radius 1 is 1.32 bits per heavy atom. The van der Waals surface area contributed by atoms with Crippen molar-refractivity contribution in [1.82, 2.24) is 0 Å².